The zero-order valence-electron chi connectivity index (χ0n) is 17.1. The minimum atomic E-state index is -1.74. The van der Waals surface area contributed by atoms with Gasteiger partial charge in [0.2, 0.25) is 0 Å². The number of rotatable bonds is 11. The number of carbonyl (C=O) groups excluding carboxylic acids is 1. The fourth-order valence-electron chi connectivity index (χ4n) is 3.65. The molecule has 0 fully saturated rings. The van der Waals surface area contributed by atoms with Gasteiger partial charge < -0.3 is 14.0 Å². The lowest BCUT2D eigenvalue weighted by atomic mass is 9.97. The van der Waals surface area contributed by atoms with E-state index in [0.29, 0.717) is 5.56 Å². The second-order valence-electron chi connectivity index (χ2n) is 7.79. The van der Waals surface area contributed by atoms with Crippen LogP contribution in [0, 0.1) is 11.3 Å². The van der Waals surface area contributed by atoms with Crippen LogP contribution in [0.3, 0.4) is 0 Å². The highest BCUT2D eigenvalue weighted by Crippen LogP contribution is 2.45. The summed E-state index contributed by atoms with van der Waals surface area (Å²) in [4.78, 5) is 21.5. The molecule has 1 heterocycles. The first-order chi connectivity index (χ1) is 13.3. The summed E-state index contributed by atoms with van der Waals surface area (Å²) in [5.74, 6) is 0. The number of nitriles is 1. The second-order valence-corrected chi connectivity index (χ2v) is 8.99. The number of hydrogen-bond donors (Lipinski definition) is 1. The standard InChI is InChI=1S/C21H30N3O3P/c1-17(2)24(28(26)27-14-6-11-22)21(3,4)10-5-12-23-13-9-19-15-18(16-25)7-8-20(19)23/h7-9,13,15-17,26H,5-6,10,12,14H2,1-4H3. The number of aldehydes is 1. The lowest BCUT2D eigenvalue weighted by Crippen LogP contribution is -2.44. The van der Waals surface area contributed by atoms with Gasteiger partial charge in [-0.15, -0.1) is 0 Å². The fourth-order valence-corrected chi connectivity index (χ4v) is 4.98. The molecule has 152 valence electrons. The molecule has 7 heteroatoms. The Kier molecular flexibility index (Phi) is 8.15. The number of aromatic nitrogens is 1. The van der Waals surface area contributed by atoms with Crippen LogP contribution < -0.4 is 0 Å². The first-order valence-corrected chi connectivity index (χ1v) is 10.8. The van der Waals surface area contributed by atoms with Gasteiger partial charge in [0.05, 0.1) is 19.1 Å². The van der Waals surface area contributed by atoms with Crippen LogP contribution in [0.15, 0.2) is 30.5 Å². The highest BCUT2D eigenvalue weighted by atomic mass is 31.2. The molecule has 1 atom stereocenters. The molecule has 0 aliphatic heterocycles. The molecule has 0 saturated carbocycles. The lowest BCUT2D eigenvalue weighted by molar-refractivity contribution is 0.112. The maximum absolute atomic E-state index is 10.9. The Balaban J connectivity index is 2.00. The third-order valence-electron chi connectivity index (χ3n) is 4.83. The van der Waals surface area contributed by atoms with Gasteiger partial charge in [0.15, 0.2) is 0 Å². The van der Waals surface area contributed by atoms with Gasteiger partial charge in [-0.05, 0) is 64.8 Å². The van der Waals surface area contributed by atoms with Crippen molar-refractivity contribution in [1.29, 1.82) is 5.26 Å². The van der Waals surface area contributed by atoms with Crippen LogP contribution in [0.4, 0.5) is 0 Å². The van der Waals surface area contributed by atoms with Gasteiger partial charge in [-0.25, -0.2) is 4.67 Å². The molecule has 6 nitrogen and oxygen atoms in total. The molecule has 1 N–H and O–H groups in total. The van der Waals surface area contributed by atoms with E-state index < -0.39 is 8.53 Å². The van der Waals surface area contributed by atoms with E-state index in [9.17, 15) is 9.69 Å². The summed E-state index contributed by atoms with van der Waals surface area (Å²) in [5, 5.41) is 9.73. The fraction of sp³-hybridized carbons (Fsp3) is 0.524. The van der Waals surface area contributed by atoms with Gasteiger partial charge in [0.25, 0.3) is 8.53 Å². The minimum Gasteiger partial charge on any atom is -0.347 e. The van der Waals surface area contributed by atoms with Crippen LogP contribution in [0.5, 0.6) is 0 Å². The predicted octanol–water partition coefficient (Wildman–Crippen LogP) is 4.87. The smallest absolute Gasteiger partial charge is 0.256 e. The number of hydrogen-bond acceptors (Lipinski definition) is 5. The van der Waals surface area contributed by atoms with E-state index in [0.717, 1.165) is 36.6 Å². The topological polar surface area (TPSA) is 78.5 Å². The van der Waals surface area contributed by atoms with Crippen LogP contribution in [-0.2, 0) is 11.1 Å². The summed E-state index contributed by atoms with van der Waals surface area (Å²) < 4.78 is 9.73. The summed E-state index contributed by atoms with van der Waals surface area (Å²) in [5.41, 5.74) is 1.56. The first-order valence-electron chi connectivity index (χ1n) is 9.62. The van der Waals surface area contributed by atoms with Gasteiger partial charge in [0, 0.05) is 40.8 Å². The molecule has 0 saturated heterocycles. The van der Waals surface area contributed by atoms with Gasteiger partial charge in [0.1, 0.15) is 6.29 Å². The molecule has 0 spiro atoms. The van der Waals surface area contributed by atoms with Crippen LogP contribution in [0.2, 0.25) is 0 Å². The van der Waals surface area contributed by atoms with Crippen LogP contribution in [0.25, 0.3) is 10.9 Å². The number of aryl methyl sites for hydroxylation is 1. The zero-order valence-corrected chi connectivity index (χ0v) is 18.0. The van der Waals surface area contributed by atoms with Crippen molar-refractivity contribution in [2.45, 2.75) is 65.1 Å². The Labute approximate surface area is 168 Å². The molecule has 0 aliphatic rings. The monoisotopic (exact) mass is 403 g/mol. The van der Waals surface area contributed by atoms with Crippen LogP contribution >= 0.6 is 8.53 Å². The Bertz CT molecular complexity index is 826. The zero-order chi connectivity index (χ0) is 20.7. The Morgan fingerprint density at radius 1 is 1.39 bits per heavy atom. The number of benzene rings is 1. The Morgan fingerprint density at radius 3 is 2.79 bits per heavy atom. The van der Waals surface area contributed by atoms with E-state index in [4.69, 9.17) is 9.79 Å². The molecule has 0 bridgehead atoms. The summed E-state index contributed by atoms with van der Waals surface area (Å²) in [6.07, 6.45) is 5.02. The number of fused-ring (bicyclic) bond motifs is 1. The summed E-state index contributed by atoms with van der Waals surface area (Å²) in [7, 11) is -1.74. The third kappa shape index (κ3) is 5.62. The summed E-state index contributed by atoms with van der Waals surface area (Å²) >= 11 is 0. The Hall–Kier alpha value is -1.77. The molecule has 28 heavy (non-hydrogen) atoms. The summed E-state index contributed by atoms with van der Waals surface area (Å²) in [6.45, 7) is 9.44. The minimum absolute atomic E-state index is 0.127. The van der Waals surface area contributed by atoms with Gasteiger partial charge in [-0.2, -0.15) is 5.26 Å². The first kappa shape index (κ1) is 22.5. The lowest BCUT2D eigenvalue weighted by Gasteiger charge is -2.42. The van der Waals surface area contributed by atoms with E-state index in [1.165, 1.54) is 0 Å². The molecule has 0 radical (unpaired) electrons. The Morgan fingerprint density at radius 2 is 2.14 bits per heavy atom. The summed E-state index contributed by atoms with van der Waals surface area (Å²) in [6, 6.07) is 9.93. The van der Waals surface area contributed by atoms with Crippen molar-refractivity contribution in [3.63, 3.8) is 0 Å². The van der Waals surface area contributed by atoms with Crippen molar-refractivity contribution in [2.24, 2.45) is 0 Å². The molecule has 0 aliphatic carbocycles. The average Bonchev–Trinajstić information content (AvgIpc) is 3.03. The maximum atomic E-state index is 10.9. The van der Waals surface area contributed by atoms with Crippen molar-refractivity contribution in [1.82, 2.24) is 9.24 Å². The van der Waals surface area contributed by atoms with E-state index >= 15 is 0 Å². The van der Waals surface area contributed by atoms with Crippen molar-refractivity contribution in [2.75, 3.05) is 6.61 Å². The molecule has 2 rings (SSSR count). The van der Waals surface area contributed by atoms with E-state index in [2.05, 4.69) is 24.6 Å². The highest BCUT2D eigenvalue weighted by Gasteiger charge is 2.35. The molecule has 2 aromatic rings. The van der Waals surface area contributed by atoms with Crippen molar-refractivity contribution in [3.8, 4) is 6.07 Å². The van der Waals surface area contributed by atoms with E-state index in [1.54, 1.807) is 0 Å². The van der Waals surface area contributed by atoms with E-state index in [1.807, 2.05) is 48.9 Å². The van der Waals surface area contributed by atoms with Crippen molar-refractivity contribution >= 4 is 25.7 Å². The molecule has 0 amide bonds. The van der Waals surface area contributed by atoms with Gasteiger partial charge in [-0.1, -0.05) is 0 Å². The maximum Gasteiger partial charge on any atom is 0.256 e. The molecular formula is C21H30N3O3P. The predicted molar refractivity (Wildman–Crippen MR) is 113 cm³/mol. The molecule has 1 aromatic heterocycles. The highest BCUT2D eigenvalue weighted by molar-refractivity contribution is 7.43. The third-order valence-corrected chi connectivity index (χ3v) is 6.62. The van der Waals surface area contributed by atoms with Gasteiger partial charge >= 0.3 is 0 Å². The number of carbonyl (C=O) groups is 1. The molecular weight excluding hydrogens is 373 g/mol. The van der Waals surface area contributed by atoms with Crippen molar-refractivity contribution < 1.29 is 14.2 Å². The second kappa shape index (κ2) is 10.1. The van der Waals surface area contributed by atoms with Crippen LogP contribution in [-0.4, -0.2) is 38.6 Å². The normalized spacial score (nSPS) is 13.2. The average molecular weight is 403 g/mol. The largest absolute Gasteiger partial charge is 0.347 e. The van der Waals surface area contributed by atoms with E-state index in [-0.39, 0.29) is 24.6 Å². The SMILES string of the molecule is CC(C)N(P(O)OCCC#N)C(C)(C)CCCn1ccc2cc(C=O)ccc21. The van der Waals surface area contributed by atoms with Crippen molar-refractivity contribution in [3.05, 3.63) is 36.0 Å². The van der Waals surface area contributed by atoms with Gasteiger partial charge in [-0.3, -0.25) is 4.79 Å². The molecule has 1 aromatic carbocycles. The van der Waals surface area contributed by atoms with Crippen LogP contribution in [0.1, 0.15) is 57.3 Å². The number of nitrogens with zero attached hydrogens (tertiary/aromatic N) is 3. The molecule has 1 unspecified atom stereocenters. The quantitative estimate of drug-likeness (QED) is 0.329.